The topological polar surface area (TPSA) is 38.8 Å². The van der Waals surface area contributed by atoms with E-state index in [1.54, 1.807) is 11.1 Å². The number of carbonyl (C=O) groups is 1. The van der Waals surface area contributed by atoms with Crippen LogP contribution < -0.4 is 4.74 Å². The first-order valence-corrected chi connectivity index (χ1v) is 10.5. The Morgan fingerprint density at radius 2 is 1.76 bits per heavy atom. The first kappa shape index (κ1) is 22.7. The molecule has 2 aromatic rings. The van der Waals surface area contributed by atoms with Crippen LogP contribution in [0.3, 0.4) is 0 Å². The largest absolute Gasteiger partial charge is 0.490 e. The van der Waals surface area contributed by atoms with Crippen molar-refractivity contribution < 1.29 is 14.4 Å². The van der Waals surface area contributed by atoms with Crippen LogP contribution in [-0.2, 0) is 16.1 Å². The Labute approximate surface area is 175 Å². The van der Waals surface area contributed by atoms with Gasteiger partial charge in [0, 0.05) is 6.54 Å². The number of hydrogen-bond donors (Lipinski definition) is 0. The van der Waals surface area contributed by atoms with Gasteiger partial charge in [0.25, 0.3) is 0 Å². The third-order valence-electron chi connectivity index (χ3n) is 4.65. The van der Waals surface area contributed by atoms with Crippen molar-refractivity contribution >= 4 is 5.97 Å². The normalized spacial score (nSPS) is 11.8. The second-order valence-electron chi connectivity index (χ2n) is 7.15. The molecule has 0 aliphatic carbocycles. The lowest BCUT2D eigenvalue weighted by Gasteiger charge is -2.22. The van der Waals surface area contributed by atoms with Gasteiger partial charge in [-0.25, -0.2) is 0 Å². The van der Waals surface area contributed by atoms with Gasteiger partial charge in [-0.3, -0.25) is 4.79 Å². The predicted octanol–water partition coefficient (Wildman–Crippen LogP) is 5.57. The van der Waals surface area contributed by atoms with E-state index in [1.165, 1.54) is 11.1 Å². The zero-order valence-corrected chi connectivity index (χ0v) is 17.7. The lowest BCUT2D eigenvalue weighted by atomic mass is 10.1. The van der Waals surface area contributed by atoms with E-state index in [9.17, 15) is 4.79 Å². The highest BCUT2D eigenvalue weighted by Crippen LogP contribution is 2.19. The molecule has 0 aromatic heterocycles. The Balaban J connectivity index is 1.86. The number of unbranched alkanes of at least 4 members (excludes halogenated alkanes) is 1. The number of rotatable bonds is 13. The molecule has 0 spiro atoms. The molecule has 156 valence electrons. The van der Waals surface area contributed by atoms with Crippen molar-refractivity contribution in [3.63, 3.8) is 0 Å². The Bertz CT molecular complexity index is 727. The average Bonchev–Trinajstić information content (AvgIpc) is 2.73. The van der Waals surface area contributed by atoms with Gasteiger partial charge in [0.2, 0.25) is 0 Å². The van der Waals surface area contributed by atoms with Crippen molar-refractivity contribution in [3.8, 4) is 5.75 Å². The van der Waals surface area contributed by atoms with E-state index in [0.29, 0.717) is 6.54 Å². The fraction of sp³-hybridized carbons (Fsp3) is 0.400. The van der Waals surface area contributed by atoms with Crippen LogP contribution in [0, 0.1) is 0 Å². The summed E-state index contributed by atoms with van der Waals surface area (Å²) >= 11 is 0. The minimum absolute atomic E-state index is 0.209. The van der Waals surface area contributed by atoms with Crippen LogP contribution in [0.5, 0.6) is 5.75 Å². The van der Waals surface area contributed by atoms with Crippen LogP contribution in [0.2, 0.25) is 0 Å². The minimum Gasteiger partial charge on any atom is -0.490 e. The van der Waals surface area contributed by atoms with E-state index in [4.69, 9.17) is 9.57 Å². The molecule has 0 aliphatic rings. The minimum atomic E-state index is -0.268. The third kappa shape index (κ3) is 8.53. The van der Waals surface area contributed by atoms with Gasteiger partial charge in [-0.1, -0.05) is 68.8 Å². The fourth-order valence-electron chi connectivity index (χ4n) is 3.00. The van der Waals surface area contributed by atoms with Gasteiger partial charge in [0.15, 0.2) is 0 Å². The number of hydrogen-bond acceptors (Lipinski definition) is 4. The van der Waals surface area contributed by atoms with Crippen molar-refractivity contribution in [3.05, 3.63) is 78.4 Å². The molecule has 2 rings (SSSR count). The molecular formula is C25H33NO3. The summed E-state index contributed by atoms with van der Waals surface area (Å²) in [6.07, 6.45) is 5.41. The zero-order chi connectivity index (χ0) is 20.9. The van der Waals surface area contributed by atoms with E-state index < -0.39 is 0 Å². The number of carbonyl (C=O) groups excluding carboxylic acids is 1. The van der Waals surface area contributed by atoms with Crippen LogP contribution in [-0.4, -0.2) is 30.2 Å². The van der Waals surface area contributed by atoms with Crippen LogP contribution >= 0.6 is 0 Å². The lowest BCUT2D eigenvalue weighted by molar-refractivity contribution is -0.190. The molecule has 0 radical (unpaired) electrons. The molecular weight excluding hydrogens is 362 g/mol. The summed E-state index contributed by atoms with van der Waals surface area (Å²) in [5.74, 6) is 0.505. The maximum absolute atomic E-state index is 12.3. The maximum atomic E-state index is 12.3. The molecule has 0 fully saturated rings. The van der Waals surface area contributed by atoms with Crippen LogP contribution in [0.15, 0.2) is 67.3 Å². The summed E-state index contributed by atoms with van der Waals surface area (Å²) in [4.78, 5) is 17.8. The summed E-state index contributed by atoms with van der Waals surface area (Å²) in [6, 6.07) is 18.5. The van der Waals surface area contributed by atoms with Gasteiger partial charge in [-0.05, 0) is 42.5 Å². The smallest absolute Gasteiger partial charge is 0.328 e. The van der Waals surface area contributed by atoms with E-state index in [2.05, 4.69) is 49.9 Å². The van der Waals surface area contributed by atoms with Gasteiger partial charge in [-0.15, -0.1) is 11.6 Å². The quantitative estimate of drug-likeness (QED) is 0.328. The molecule has 0 N–H and O–H groups in total. The molecule has 1 atom stereocenters. The van der Waals surface area contributed by atoms with Gasteiger partial charge in [-0.2, -0.15) is 0 Å². The fourth-order valence-corrected chi connectivity index (χ4v) is 3.00. The van der Waals surface area contributed by atoms with Gasteiger partial charge < -0.3 is 9.57 Å². The Kier molecular flexibility index (Phi) is 10.0. The van der Waals surface area contributed by atoms with Crippen molar-refractivity contribution in [1.29, 1.82) is 0 Å². The molecule has 0 aliphatic heterocycles. The first-order valence-electron chi connectivity index (χ1n) is 10.5. The Morgan fingerprint density at radius 1 is 1.07 bits per heavy atom. The van der Waals surface area contributed by atoms with Gasteiger partial charge in [0.05, 0.1) is 13.0 Å². The molecule has 0 saturated carbocycles. The van der Waals surface area contributed by atoms with Gasteiger partial charge >= 0.3 is 5.97 Å². The summed E-state index contributed by atoms with van der Waals surface area (Å²) < 4.78 is 6.02. The Morgan fingerprint density at radius 3 is 2.38 bits per heavy atom. The van der Waals surface area contributed by atoms with E-state index >= 15 is 0 Å². The molecule has 2 aromatic carbocycles. The highest BCUT2D eigenvalue weighted by molar-refractivity contribution is 5.69. The molecule has 4 nitrogen and oxygen atoms in total. The summed E-state index contributed by atoms with van der Waals surface area (Å²) in [6.45, 7) is 9.10. The average molecular weight is 396 g/mol. The SMILES string of the molecule is C=CCN(CCCC)OC(=O)CC(CC)Oc1ccc(Cc2ccccc2)cc1. The summed E-state index contributed by atoms with van der Waals surface area (Å²) in [7, 11) is 0. The second-order valence-corrected chi connectivity index (χ2v) is 7.15. The number of hydroxylamine groups is 2. The summed E-state index contributed by atoms with van der Waals surface area (Å²) in [5, 5.41) is 1.67. The molecule has 0 heterocycles. The third-order valence-corrected chi connectivity index (χ3v) is 4.65. The number of nitrogens with zero attached hydrogens (tertiary/aromatic N) is 1. The molecule has 0 bridgehead atoms. The van der Waals surface area contributed by atoms with Crippen LogP contribution in [0.25, 0.3) is 0 Å². The molecule has 29 heavy (non-hydrogen) atoms. The standard InChI is InChI=1S/C25H33NO3/c1-4-7-18-26(17-5-2)29-25(27)20-23(6-3)28-24-15-13-22(14-16-24)19-21-11-9-8-10-12-21/h5,8-16,23H,2,4,6-7,17-20H2,1,3H3. The highest BCUT2D eigenvalue weighted by atomic mass is 16.7. The second kappa shape index (κ2) is 12.8. The number of ether oxygens (including phenoxy) is 1. The number of benzene rings is 2. The first-order chi connectivity index (χ1) is 14.1. The molecule has 1 unspecified atom stereocenters. The van der Waals surface area contributed by atoms with E-state index in [0.717, 1.165) is 38.0 Å². The monoisotopic (exact) mass is 395 g/mol. The van der Waals surface area contributed by atoms with Crippen LogP contribution in [0.1, 0.15) is 50.7 Å². The highest BCUT2D eigenvalue weighted by Gasteiger charge is 2.18. The molecule has 0 saturated heterocycles. The van der Waals surface area contributed by atoms with E-state index in [-0.39, 0.29) is 18.5 Å². The van der Waals surface area contributed by atoms with Crippen molar-refractivity contribution in [1.82, 2.24) is 5.06 Å². The lowest BCUT2D eigenvalue weighted by Crippen LogP contribution is -2.31. The molecule has 0 amide bonds. The van der Waals surface area contributed by atoms with Crippen LogP contribution in [0.4, 0.5) is 0 Å². The van der Waals surface area contributed by atoms with Gasteiger partial charge in [0.1, 0.15) is 11.9 Å². The molecule has 4 heteroatoms. The Hall–Kier alpha value is -2.59. The van der Waals surface area contributed by atoms with Crippen molar-refractivity contribution in [2.24, 2.45) is 0 Å². The maximum Gasteiger partial charge on any atom is 0.328 e. The zero-order valence-electron chi connectivity index (χ0n) is 17.7. The summed E-state index contributed by atoms with van der Waals surface area (Å²) in [5.41, 5.74) is 2.51. The van der Waals surface area contributed by atoms with Crippen molar-refractivity contribution in [2.45, 2.75) is 52.1 Å². The predicted molar refractivity (Wildman–Crippen MR) is 118 cm³/mol. The van der Waals surface area contributed by atoms with Crippen molar-refractivity contribution in [2.75, 3.05) is 13.1 Å². The van der Waals surface area contributed by atoms with E-state index in [1.807, 2.05) is 25.1 Å².